The largest absolute Gasteiger partial charge is 0.477 e. The molecule has 0 atom stereocenters. The summed E-state index contributed by atoms with van der Waals surface area (Å²) in [6.45, 7) is 3.96. The van der Waals surface area contributed by atoms with Crippen molar-refractivity contribution in [1.82, 2.24) is 4.98 Å². The second-order valence-corrected chi connectivity index (χ2v) is 4.96. The van der Waals surface area contributed by atoms with E-state index in [1.165, 1.54) is 11.6 Å². The average Bonchev–Trinajstić information content (AvgIpc) is 2.46. The number of hydrogen-bond acceptors (Lipinski definition) is 3. The fraction of sp³-hybridized carbons (Fsp3) is 0.294. The van der Waals surface area contributed by atoms with Crippen LogP contribution < -0.4 is 4.74 Å². The van der Waals surface area contributed by atoms with Crippen LogP contribution in [0, 0.1) is 6.92 Å². The molecule has 4 nitrogen and oxygen atoms in total. The molecule has 0 saturated heterocycles. The number of rotatable bonds is 6. The number of pyridine rings is 1. The Balaban J connectivity index is 2.18. The number of carbonyl (C=O) groups is 1. The van der Waals surface area contributed by atoms with Crippen molar-refractivity contribution in [2.24, 2.45) is 0 Å². The molecule has 0 unspecified atom stereocenters. The van der Waals surface area contributed by atoms with Gasteiger partial charge in [-0.2, -0.15) is 0 Å². The van der Waals surface area contributed by atoms with Gasteiger partial charge >= 0.3 is 5.97 Å². The van der Waals surface area contributed by atoms with Gasteiger partial charge in [0.15, 0.2) is 0 Å². The smallest absolute Gasteiger partial charge is 0.341 e. The molecular formula is C17H19NO3. The summed E-state index contributed by atoms with van der Waals surface area (Å²) in [5.74, 6) is -0.322. The molecule has 0 spiro atoms. The van der Waals surface area contributed by atoms with Gasteiger partial charge in [0.05, 0.1) is 0 Å². The first kappa shape index (κ1) is 15.0. The van der Waals surface area contributed by atoms with Crippen LogP contribution in [-0.2, 0) is 6.42 Å². The number of aromatic nitrogens is 1. The number of aromatic carboxylic acids is 1. The van der Waals surface area contributed by atoms with Gasteiger partial charge in [-0.1, -0.05) is 25.5 Å². The molecule has 4 heteroatoms. The monoisotopic (exact) mass is 285 g/mol. The highest BCUT2D eigenvalue weighted by atomic mass is 16.5. The van der Waals surface area contributed by atoms with E-state index < -0.39 is 5.97 Å². The lowest BCUT2D eigenvalue weighted by Crippen LogP contribution is -2.02. The first-order valence-electron chi connectivity index (χ1n) is 7.08. The van der Waals surface area contributed by atoms with Gasteiger partial charge in [0.25, 0.3) is 0 Å². The number of carboxylic acid groups (broad SMARTS) is 1. The normalized spacial score (nSPS) is 10.4. The van der Waals surface area contributed by atoms with E-state index in [1.807, 2.05) is 24.3 Å². The third kappa shape index (κ3) is 4.05. The molecule has 0 amide bonds. The van der Waals surface area contributed by atoms with Crippen molar-refractivity contribution in [3.63, 3.8) is 0 Å². The number of unbranched alkanes of at least 4 members (excludes halogenated alkanes) is 1. The van der Waals surface area contributed by atoms with Crippen LogP contribution in [0.2, 0.25) is 0 Å². The number of ether oxygens (including phenoxy) is 1. The highest BCUT2D eigenvalue weighted by Crippen LogP contribution is 2.24. The Morgan fingerprint density at radius 3 is 2.52 bits per heavy atom. The minimum Gasteiger partial charge on any atom is -0.477 e. The maximum Gasteiger partial charge on any atom is 0.341 e. The second-order valence-electron chi connectivity index (χ2n) is 4.96. The van der Waals surface area contributed by atoms with E-state index in [0.29, 0.717) is 5.75 Å². The Morgan fingerprint density at radius 1 is 1.19 bits per heavy atom. The summed E-state index contributed by atoms with van der Waals surface area (Å²) in [5, 5.41) is 9.16. The molecule has 0 saturated carbocycles. The van der Waals surface area contributed by atoms with E-state index in [1.54, 1.807) is 13.0 Å². The zero-order chi connectivity index (χ0) is 15.2. The molecule has 2 aromatic rings. The maximum absolute atomic E-state index is 11.2. The SMILES string of the molecule is CCCCc1ccc(Oc2nc(C)ccc2C(=O)O)cc1. The molecular weight excluding hydrogens is 266 g/mol. The Bertz CT molecular complexity index is 620. The molecule has 0 fully saturated rings. The van der Waals surface area contributed by atoms with Crippen LogP contribution in [0.4, 0.5) is 0 Å². The fourth-order valence-corrected chi connectivity index (χ4v) is 1.99. The van der Waals surface area contributed by atoms with Crippen LogP contribution in [0.15, 0.2) is 36.4 Å². The van der Waals surface area contributed by atoms with Crippen molar-refractivity contribution in [3.05, 3.63) is 53.2 Å². The maximum atomic E-state index is 11.2. The third-order valence-corrected chi connectivity index (χ3v) is 3.19. The van der Waals surface area contributed by atoms with Crippen LogP contribution >= 0.6 is 0 Å². The Labute approximate surface area is 124 Å². The highest BCUT2D eigenvalue weighted by Gasteiger charge is 2.13. The predicted octanol–water partition coefficient (Wildman–Crippen LogP) is 4.22. The van der Waals surface area contributed by atoms with Gasteiger partial charge in [-0.15, -0.1) is 0 Å². The zero-order valence-electron chi connectivity index (χ0n) is 12.3. The van der Waals surface area contributed by atoms with Crippen molar-refractivity contribution in [3.8, 4) is 11.6 Å². The summed E-state index contributed by atoms with van der Waals surface area (Å²) in [4.78, 5) is 15.3. The van der Waals surface area contributed by atoms with Crippen LogP contribution in [0.3, 0.4) is 0 Å². The zero-order valence-corrected chi connectivity index (χ0v) is 12.3. The van der Waals surface area contributed by atoms with E-state index in [9.17, 15) is 4.79 Å². The molecule has 0 aliphatic carbocycles. The quantitative estimate of drug-likeness (QED) is 0.863. The summed E-state index contributed by atoms with van der Waals surface area (Å²) >= 11 is 0. The van der Waals surface area contributed by atoms with Gasteiger partial charge in [0.2, 0.25) is 5.88 Å². The number of carboxylic acids is 1. The van der Waals surface area contributed by atoms with E-state index in [0.717, 1.165) is 25.0 Å². The molecule has 110 valence electrons. The second kappa shape index (κ2) is 6.88. The molecule has 1 aromatic heterocycles. The Hall–Kier alpha value is -2.36. The van der Waals surface area contributed by atoms with Gasteiger partial charge in [0, 0.05) is 5.69 Å². The summed E-state index contributed by atoms with van der Waals surface area (Å²) in [6, 6.07) is 10.9. The van der Waals surface area contributed by atoms with Crippen LogP contribution in [-0.4, -0.2) is 16.1 Å². The van der Waals surface area contributed by atoms with E-state index >= 15 is 0 Å². The number of aryl methyl sites for hydroxylation is 2. The number of nitrogens with zero attached hydrogens (tertiary/aromatic N) is 1. The Morgan fingerprint density at radius 2 is 1.90 bits per heavy atom. The van der Waals surface area contributed by atoms with Gasteiger partial charge in [0.1, 0.15) is 11.3 Å². The van der Waals surface area contributed by atoms with E-state index in [4.69, 9.17) is 9.84 Å². The summed E-state index contributed by atoms with van der Waals surface area (Å²) < 4.78 is 5.62. The minimum atomic E-state index is -1.04. The molecule has 0 aliphatic rings. The molecule has 1 aromatic carbocycles. The van der Waals surface area contributed by atoms with Crippen LogP contribution in [0.5, 0.6) is 11.6 Å². The van der Waals surface area contributed by atoms with Gasteiger partial charge in [-0.05, 0) is 49.6 Å². The topological polar surface area (TPSA) is 59.4 Å². The van der Waals surface area contributed by atoms with Crippen molar-refractivity contribution in [2.45, 2.75) is 33.1 Å². The van der Waals surface area contributed by atoms with Gasteiger partial charge in [-0.25, -0.2) is 9.78 Å². The fourth-order valence-electron chi connectivity index (χ4n) is 1.99. The highest BCUT2D eigenvalue weighted by molar-refractivity contribution is 5.90. The van der Waals surface area contributed by atoms with Crippen molar-refractivity contribution >= 4 is 5.97 Å². The predicted molar refractivity (Wildman–Crippen MR) is 81.1 cm³/mol. The minimum absolute atomic E-state index is 0.0654. The molecule has 0 aliphatic heterocycles. The van der Waals surface area contributed by atoms with E-state index in [2.05, 4.69) is 11.9 Å². The molecule has 1 heterocycles. The summed E-state index contributed by atoms with van der Waals surface area (Å²) in [5.41, 5.74) is 2.03. The number of hydrogen-bond donors (Lipinski definition) is 1. The molecule has 21 heavy (non-hydrogen) atoms. The first-order chi connectivity index (χ1) is 10.1. The van der Waals surface area contributed by atoms with Gasteiger partial charge in [-0.3, -0.25) is 0 Å². The molecule has 2 rings (SSSR count). The standard InChI is InChI=1S/C17H19NO3/c1-3-4-5-13-7-9-14(10-8-13)21-16-15(17(19)20)11-6-12(2)18-16/h6-11H,3-5H2,1-2H3,(H,19,20). The average molecular weight is 285 g/mol. The molecule has 1 N–H and O–H groups in total. The summed E-state index contributed by atoms with van der Waals surface area (Å²) in [7, 11) is 0. The van der Waals surface area contributed by atoms with Crippen molar-refractivity contribution < 1.29 is 14.6 Å². The van der Waals surface area contributed by atoms with Crippen LogP contribution in [0.1, 0.15) is 41.4 Å². The number of benzene rings is 1. The molecule has 0 bridgehead atoms. The molecule has 0 radical (unpaired) electrons. The Kier molecular flexibility index (Phi) is 4.93. The lowest BCUT2D eigenvalue weighted by Gasteiger charge is -2.09. The van der Waals surface area contributed by atoms with Gasteiger partial charge < -0.3 is 9.84 Å². The lowest BCUT2D eigenvalue weighted by atomic mass is 10.1. The first-order valence-corrected chi connectivity index (χ1v) is 7.08. The van der Waals surface area contributed by atoms with E-state index in [-0.39, 0.29) is 11.4 Å². The lowest BCUT2D eigenvalue weighted by molar-refractivity contribution is 0.0693. The van der Waals surface area contributed by atoms with Crippen molar-refractivity contribution in [2.75, 3.05) is 0 Å². The van der Waals surface area contributed by atoms with Crippen molar-refractivity contribution in [1.29, 1.82) is 0 Å². The third-order valence-electron chi connectivity index (χ3n) is 3.19. The summed E-state index contributed by atoms with van der Waals surface area (Å²) in [6.07, 6.45) is 3.36. The van der Waals surface area contributed by atoms with Crippen LogP contribution in [0.25, 0.3) is 0 Å².